The zero-order valence-corrected chi connectivity index (χ0v) is 18.9. The number of aromatic nitrogens is 2. The maximum atomic E-state index is 13.0. The molecule has 2 aromatic heterocycles. The topological polar surface area (TPSA) is 136 Å². The lowest BCUT2D eigenvalue weighted by molar-refractivity contribution is -0.118. The first-order chi connectivity index (χ1) is 15.9. The van der Waals surface area contributed by atoms with Crippen molar-refractivity contribution < 1.29 is 14.4 Å². The Hall–Kier alpha value is -3.53. The summed E-state index contributed by atoms with van der Waals surface area (Å²) in [7, 11) is 0. The maximum absolute atomic E-state index is 13.0. The average Bonchev–Trinajstić information content (AvgIpc) is 3.18. The van der Waals surface area contributed by atoms with Gasteiger partial charge in [0, 0.05) is 30.8 Å². The van der Waals surface area contributed by atoms with E-state index in [0.717, 1.165) is 36.1 Å². The molecule has 0 saturated heterocycles. The number of primary amides is 1. The molecule has 172 valence electrons. The van der Waals surface area contributed by atoms with Crippen molar-refractivity contribution >= 4 is 45.0 Å². The molecule has 0 saturated carbocycles. The van der Waals surface area contributed by atoms with Gasteiger partial charge in [0.15, 0.2) is 0 Å². The Balaban J connectivity index is 1.43. The van der Waals surface area contributed by atoms with E-state index in [1.165, 1.54) is 15.8 Å². The van der Waals surface area contributed by atoms with Crippen LogP contribution in [0.3, 0.4) is 0 Å². The number of hydrogen-bond acceptors (Lipinski definition) is 6. The minimum absolute atomic E-state index is 0.0285. The SMILES string of the molecule is NC(=O)CCNC(=O)c1ccccc1NC(=O)CCn1cnc2sc3c(c2c1=O)CCCC3. The van der Waals surface area contributed by atoms with Crippen LogP contribution in [0.2, 0.25) is 0 Å². The number of hydrogen-bond donors (Lipinski definition) is 3. The van der Waals surface area contributed by atoms with Crippen molar-refractivity contribution in [2.45, 2.75) is 45.1 Å². The standard InChI is InChI=1S/C23H25N5O4S/c24-18(29)9-11-25-21(31)14-5-1-3-7-16(14)27-19(30)10-12-28-13-26-22-20(23(28)32)15-6-2-4-8-17(15)33-22/h1,3,5,7,13H,2,4,6,8-12H2,(H2,24,29)(H,25,31)(H,27,30). The maximum Gasteiger partial charge on any atom is 0.262 e. The highest BCUT2D eigenvalue weighted by atomic mass is 32.1. The number of aryl methyl sites for hydroxylation is 3. The molecule has 3 aromatic rings. The third kappa shape index (κ3) is 5.11. The van der Waals surface area contributed by atoms with Gasteiger partial charge >= 0.3 is 0 Å². The lowest BCUT2D eigenvalue weighted by Crippen LogP contribution is -2.29. The van der Waals surface area contributed by atoms with Gasteiger partial charge < -0.3 is 16.4 Å². The van der Waals surface area contributed by atoms with E-state index in [-0.39, 0.29) is 43.0 Å². The van der Waals surface area contributed by atoms with Gasteiger partial charge in [0.2, 0.25) is 11.8 Å². The van der Waals surface area contributed by atoms with Gasteiger partial charge in [0.25, 0.3) is 11.5 Å². The lowest BCUT2D eigenvalue weighted by Gasteiger charge is -2.12. The molecule has 4 N–H and O–H groups in total. The van der Waals surface area contributed by atoms with Crippen molar-refractivity contribution in [3.63, 3.8) is 0 Å². The van der Waals surface area contributed by atoms with Crippen LogP contribution in [0.5, 0.6) is 0 Å². The fourth-order valence-electron chi connectivity index (χ4n) is 3.96. The Bertz CT molecular complexity index is 1280. The molecule has 10 heteroatoms. The van der Waals surface area contributed by atoms with Crippen molar-refractivity contribution in [1.82, 2.24) is 14.9 Å². The summed E-state index contributed by atoms with van der Waals surface area (Å²) in [5.41, 5.74) is 6.73. The molecule has 1 aliphatic rings. The monoisotopic (exact) mass is 467 g/mol. The molecule has 3 amide bonds. The molecule has 2 heterocycles. The van der Waals surface area contributed by atoms with Crippen LogP contribution in [0, 0.1) is 0 Å². The molecule has 1 aromatic carbocycles. The smallest absolute Gasteiger partial charge is 0.262 e. The van der Waals surface area contributed by atoms with Crippen molar-refractivity contribution in [3.05, 3.63) is 57.0 Å². The first kappa shape index (κ1) is 22.7. The molecule has 33 heavy (non-hydrogen) atoms. The van der Waals surface area contributed by atoms with E-state index in [2.05, 4.69) is 15.6 Å². The second kappa shape index (κ2) is 9.95. The summed E-state index contributed by atoms with van der Waals surface area (Å²) >= 11 is 1.59. The molecule has 9 nitrogen and oxygen atoms in total. The number of nitrogens with two attached hydrogens (primary N) is 1. The van der Waals surface area contributed by atoms with Gasteiger partial charge in [-0.1, -0.05) is 12.1 Å². The highest BCUT2D eigenvalue weighted by molar-refractivity contribution is 7.18. The van der Waals surface area contributed by atoms with Crippen LogP contribution in [-0.2, 0) is 29.0 Å². The minimum Gasteiger partial charge on any atom is -0.370 e. The number of amides is 3. The van der Waals surface area contributed by atoms with Gasteiger partial charge in [-0.25, -0.2) is 4.98 Å². The molecule has 0 atom stereocenters. The summed E-state index contributed by atoms with van der Waals surface area (Å²) in [5.74, 6) is -1.25. The predicted molar refractivity (Wildman–Crippen MR) is 126 cm³/mol. The second-order valence-corrected chi connectivity index (χ2v) is 9.03. The van der Waals surface area contributed by atoms with Gasteiger partial charge in [-0.3, -0.25) is 23.7 Å². The number of nitrogens with one attached hydrogen (secondary N) is 2. The summed E-state index contributed by atoms with van der Waals surface area (Å²) in [6.45, 7) is 0.298. The molecule has 0 spiro atoms. The van der Waals surface area contributed by atoms with E-state index >= 15 is 0 Å². The average molecular weight is 468 g/mol. The minimum atomic E-state index is -0.511. The molecule has 0 bridgehead atoms. The Morgan fingerprint density at radius 1 is 1.12 bits per heavy atom. The number of carbonyl (C=O) groups excluding carboxylic acids is 3. The van der Waals surface area contributed by atoms with Crippen molar-refractivity contribution in [2.24, 2.45) is 5.73 Å². The molecule has 0 unspecified atom stereocenters. The van der Waals surface area contributed by atoms with Gasteiger partial charge in [-0.2, -0.15) is 0 Å². The molecule has 1 aliphatic carbocycles. The fraction of sp³-hybridized carbons (Fsp3) is 0.348. The number of para-hydroxylation sites is 1. The molecular formula is C23H25N5O4S. The Morgan fingerprint density at radius 2 is 1.91 bits per heavy atom. The van der Waals surface area contributed by atoms with Gasteiger partial charge in [0.05, 0.1) is 23.0 Å². The zero-order valence-electron chi connectivity index (χ0n) is 18.1. The van der Waals surface area contributed by atoms with Crippen LogP contribution in [0.4, 0.5) is 5.69 Å². The Morgan fingerprint density at radius 3 is 2.73 bits per heavy atom. The third-order valence-electron chi connectivity index (χ3n) is 5.62. The van der Waals surface area contributed by atoms with Crippen LogP contribution in [0.25, 0.3) is 10.2 Å². The lowest BCUT2D eigenvalue weighted by atomic mass is 9.97. The molecule has 4 rings (SSSR count). The van der Waals surface area contributed by atoms with E-state index in [1.807, 2.05) is 0 Å². The first-order valence-corrected chi connectivity index (χ1v) is 11.7. The van der Waals surface area contributed by atoms with Gasteiger partial charge in [-0.05, 0) is 43.4 Å². The molecule has 0 fully saturated rings. The van der Waals surface area contributed by atoms with Crippen LogP contribution < -0.4 is 21.9 Å². The summed E-state index contributed by atoms with van der Waals surface area (Å²) < 4.78 is 1.48. The van der Waals surface area contributed by atoms with Crippen molar-refractivity contribution in [2.75, 3.05) is 11.9 Å². The van der Waals surface area contributed by atoms with Gasteiger partial charge in [-0.15, -0.1) is 11.3 Å². The van der Waals surface area contributed by atoms with Gasteiger partial charge in [0.1, 0.15) is 4.83 Å². The van der Waals surface area contributed by atoms with Crippen LogP contribution >= 0.6 is 11.3 Å². The predicted octanol–water partition coefficient (Wildman–Crippen LogP) is 1.97. The number of fused-ring (bicyclic) bond motifs is 3. The number of thiophene rings is 1. The highest BCUT2D eigenvalue weighted by Gasteiger charge is 2.20. The summed E-state index contributed by atoms with van der Waals surface area (Å²) in [5, 5.41) is 6.03. The van der Waals surface area contributed by atoms with E-state index < -0.39 is 11.8 Å². The quantitative estimate of drug-likeness (QED) is 0.465. The second-order valence-electron chi connectivity index (χ2n) is 7.95. The van der Waals surface area contributed by atoms with E-state index in [0.29, 0.717) is 11.1 Å². The first-order valence-electron chi connectivity index (χ1n) is 10.9. The number of rotatable bonds is 8. The van der Waals surface area contributed by atoms with Crippen molar-refractivity contribution in [3.8, 4) is 0 Å². The summed E-state index contributed by atoms with van der Waals surface area (Å²) in [4.78, 5) is 55.3. The van der Waals surface area contributed by atoms with E-state index in [4.69, 9.17) is 5.73 Å². The Labute approximate surface area is 194 Å². The highest BCUT2D eigenvalue weighted by Crippen LogP contribution is 2.33. The number of benzene rings is 1. The molecule has 0 aliphatic heterocycles. The molecule has 0 radical (unpaired) electrons. The summed E-state index contributed by atoms with van der Waals surface area (Å²) in [6.07, 6.45) is 5.69. The largest absolute Gasteiger partial charge is 0.370 e. The van der Waals surface area contributed by atoms with Crippen LogP contribution in [0.15, 0.2) is 35.4 Å². The number of nitrogens with zero attached hydrogens (tertiary/aromatic N) is 2. The molecular weight excluding hydrogens is 442 g/mol. The van der Waals surface area contributed by atoms with Crippen molar-refractivity contribution in [1.29, 1.82) is 0 Å². The van der Waals surface area contributed by atoms with E-state index in [9.17, 15) is 19.2 Å². The number of carbonyl (C=O) groups is 3. The summed E-state index contributed by atoms with van der Waals surface area (Å²) in [6, 6.07) is 6.59. The third-order valence-corrected chi connectivity index (χ3v) is 6.82. The van der Waals surface area contributed by atoms with Crippen LogP contribution in [-0.4, -0.2) is 33.8 Å². The van der Waals surface area contributed by atoms with Crippen LogP contribution in [0.1, 0.15) is 46.5 Å². The zero-order chi connectivity index (χ0) is 23.4. The Kier molecular flexibility index (Phi) is 6.83. The number of anilines is 1. The normalized spacial score (nSPS) is 12.8. The van der Waals surface area contributed by atoms with E-state index in [1.54, 1.807) is 35.6 Å². The fourth-order valence-corrected chi connectivity index (χ4v) is 5.18.